The zero-order valence-corrected chi connectivity index (χ0v) is 11.0. The largest absolute Gasteiger partial charge is 0.456 e. The molecule has 2 aromatic rings. The Morgan fingerprint density at radius 3 is 2.53 bits per heavy atom. The van der Waals surface area contributed by atoms with Gasteiger partial charge in [0.25, 0.3) is 5.91 Å². The topological polar surface area (TPSA) is 59.5 Å². The van der Waals surface area contributed by atoms with Crippen LogP contribution in [0.1, 0.15) is 21.9 Å². The normalized spacial score (nSPS) is 10.4. The van der Waals surface area contributed by atoms with Crippen LogP contribution in [0.2, 0.25) is 0 Å². The van der Waals surface area contributed by atoms with E-state index >= 15 is 0 Å². The number of hydrogen-bond donors (Lipinski definition) is 1. The molecule has 0 saturated heterocycles. The molecule has 2 rings (SSSR count). The molecule has 0 aliphatic carbocycles. The van der Waals surface area contributed by atoms with E-state index in [4.69, 9.17) is 10.2 Å². The van der Waals surface area contributed by atoms with E-state index in [1.165, 1.54) is 0 Å². The van der Waals surface area contributed by atoms with Gasteiger partial charge in [-0.1, -0.05) is 30.3 Å². The van der Waals surface area contributed by atoms with E-state index in [0.29, 0.717) is 25.4 Å². The molecule has 0 atom stereocenters. The summed E-state index contributed by atoms with van der Waals surface area (Å²) in [5.41, 5.74) is 6.66. The maximum Gasteiger partial charge on any atom is 0.289 e. The molecule has 0 aliphatic rings. The average molecular weight is 258 g/mol. The number of amides is 1. The maximum absolute atomic E-state index is 12.3. The van der Waals surface area contributed by atoms with Gasteiger partial charge in [0.15, 0.2) is 5.76 Å². The third kappa shape index (κ3) is 3.45. The van der Waals surface area contributed by atoms with Crippen molar-refractivity contribution in [1.29, 1.82) is 0 Å². The van der Waals surface area contributed by atoms with Gasteiger partial charge >= 0.3 is 0 Å². The van der Waals surface area contributed by atoms with Crippen molar-refractivity contribution in [3.05, 3.63) is 59.5 Å². The van der Waals surface area contributed by atoms with Crippen molar-refractivity contribution >= 4 is 5.91 Å². The fourth-order valence-electron chi connectivity index (χ4n) is 1.92. The van der Waals surface area contributed by atoms with Crippen LogP contribution in [-0.2, 0) is 6.54 Å². The molecule has 1 aromatic carbocycles. The average Bonchev–Trinajstić information content (AvgIpc) is 2.85. The summed E-state index contributed by atoms with van der Waals surface area (Å²) in [7, 11) is 0. The van der Waals surface area contributed by atoms with E-state index in [1.807, 2.05) is 37.3 Å². The van der Waals surface area contributed by atoms with Crippen LogP contribution in [0.3, 0.4) is 0 Å². The first-order chi connectivity index (χ1) is 9.20. The van der Waals surface area contributed by atoms with E-state index in [0.717, 1.165) is 11.3 Å². The Hall–Kier alpha value is -2.07. The van der Waals surface area contributed by atoms with Crippen LogP contribution in [0.15, 0.2) is 46.9 Å². The first kappa shape index (κ1) is 13.4. The van der Waals surface area contributed by atoms with Crippen molar-refractivity contribution in [3.8, 4) is 0 Å². The van der Waals surface area contributed by atoms with Crippen molar-refractivity contribution in [2.75, 3.05) is 13.1 Å². The molecule has 1 amide bonds. The van der Waals surface area contributed by atoms with Crippen molar-refractivity contribution in [1.82, 2.24) is 4.90 Å². The standard InChI is InChI=1S/C15H18N2O2/c1-12-7-8-14(19-12)15(18)17(10-9-16)11-13-5-3-2-4-6-13/h2-8H,9-11,16H2,1H3. The maximum atomic E-state index is 12.3. The summed E-state index contributed by atoms with van der Waals surface area (Å²) in [6, 6.07) is 13.3. The van der Waals surface area contributed by atoms with Crippen molar-refractivity contribution in [3.63, 3.8) is 0 Å². The van der Waals surface area contributed by atoms with Crippen LogP contribution < -0.4 is 5.73 Å². The number of furan rings is 1. The first-order valence-corrected chi connectivity index (χ1v) is 6.30. The summed E-state index contributed by atoms with van der Waals surface area (Å²) in [5, 5.41) is 0. The highest BCUT2D eigenvalue weighted by Crippen LogP contribution is 2.12. The summed E-state index contributed by atoms with van der Waals surface area (Å²) >= 11 is 0. The molecular formula is C15H18N2O2. The van der Waals surface area contributed by atoms with Gasteiger partial charge in [0.1, 0.15) is 5.76 Å². The molecule has 4 nitrogen and oxygen atoms in total. The lowest BCUT2D eigenvalue weighted by Gasteiger charge is -2.21. The van der Waals surface area contributed by atoms with Gasteiger partial charge in [-0.2, -0.15) is 0 Å². The van der Waals surface area contributed by atoms with E-state index in [-0.39, 0.29) is 5.91 Å². The zero-order chi connectivity index (χ0) is 13.7. The summed E-state index contributed by atoms with van der Waals surface area (Å²) in [6.45, 7) is 3.30. The lowest BCUT2D eigenvalue weighted by atomic mass is 10.2. The van der Waals surface area contributed by atoms with Crippen LogP contribution in [0, 0.1) is 6.92 Å². The molecule has 1 heterocycles. The fraction of sp³-hybridized carbons (Fsp3) is 0.267. The Balaban J connectivity index is 2.13. The molecule has 0 saturated carbocycles. The zero-order valence-electron chi connectivity index (χ0n) is 11.0. The lowest BCUT2D eigenvalue weighted by Crippen LogP contribution is -2.34. The number of nitrogens with two attached hydrogens (primary N) is 1. The molecule has 100 valence electrons. The van der Waals surface area contributed by atoms with Crippen LogP contribution >= 0.6 is 0 Å². The smallest absolute Gasteiger partial charge is 0.289 e. The number of nitrogens with zero attached hydrogens (tertiary/aromatic N) is 1. The second kappa shape index (κ2) is 6.20. The Bertz CT molecular complexity index is 534. The predicted molar refractivity (Wildman–Crippen MR) is 73.7 cm³/mol. The second-order valence-corrected chi connectivity index (χ2v) is 4.41. The number of benzene rings is 1. The van der Waals surface area contributed by atoms with Gasteiger partial charge in [0.05, 0.1) is 0 Å². The molecule has 0 bridgehead atoms. The Kier molecular flexibility index (Phi) is 4.36. The minimum Gasteiger partial charge on any atom is -0.456 e. The molecule has 1 aromatic heterocycles. The number of hydrogen-bond acceptors (Lipinski definition) is 3. The number of aryl methyl sites for hydroxylation is 1. The van der Waals surface area contributed by atoms with Gasteiger partial charge < -0.3 is 15.1 Å². The number of rotatable bonds is 5. The quantitative estimate of drug-likeness (QED) is 0.894. The van der Waals surface area contributed by atoms with Crippen LogP contribution in [0.5, 0.6) is 0 Å². The van der Waals surface area contributed by atoms with E-state index in [2.05, 4.69) is 0 Å². The van der Waals surface area contributed by atoms with Crippen molar-refractivity contribution in [2.45, 2.75) is 13.5 Å². The molecule has 0 unspecified atom stereocenters. The SMILES string of the molecule is Cc1ccc(C(=O)N(CCN)Cc2ccccc2)o1. The van der Waals surface area contributed by atoms with E-state index in [1.54, 1.807) is 17.0 Å². The minimum atomic E-state index is -0.123. The molecule has 0 fully saturated rings. The Labute approximate surface area is 112 Å². The van der Waals surface area contributed by atoms with Gasteiger partial charge in [0.2, 0.25) is 0 Å². The third-order valence-electron chi connectivity index (χ3n) is 2.85. The fourth-order valence-corrected chi connectivity index (χ4v) is 1.92. The van der Waals surface area contributed by atoms with Crippen LogP contribution in [0.4, 0.5) is 0 Å². The molecule has 0 radical (unpaired) electrons. The number of carbonyl (C=O) groups is 1. The lowest BCUT2D eigenvalue weighted by molar-refractivity contribution is 0.0714. The van der Waals surface area contributed by atoms with Gasteiger partial charge in [-0.05, 0) is 24.6 Å². The summed E-state index contributed by atoms with van der Waals surface area (Å²) in [4.78, 5) is 14.0. The van der Waals surface area contributed by atoms with E-state index < -0.39 is 0 Å². The Morgan fingerprint density at radius 1 is 1.21 bits per heavy atom. The molecule has 2 N–H and O–H groups in total. The summed E-state index contributed by atoms with van der Waals surface area (Å²) in [6.07, 6.45) is 0. The van der Waals surface area contributed by atoms with Crippen molar-refractivity contribution < 1.29 is 9.21 Å². The molecule has 19 heavy (non-hydrogen) atoms. The second-order valence-electron chi connectivity index (χ2n) is 4.41. The monoisotopic (exact) mass is 258 g/mol. The molecular weight excluding hydrogens is 240 g/mol. The third-order valence-corrected chi connectivity index (χ3v) is 2.85. The van der Waals surface area contributed by atoms with Gasteiger partial charge in [-0.25, -0.2) is 0 Å². The molecule has 0 spiro atoms. The van der Waals surface area contributed by atoms with Crippen LogP contribution in [-0.4, -0.2) is 23.9 Å². The van der Waals surface area contributed by atoms with E-state index in [9.17, 15) is 4.79 Å². The summed E-state index contributed by atoms with van der Waals surface area (Å²) < 4.78 is 5.38. The van der Waals surface area contributed by atoms with Crippen molar-refractivity contribution in [2.24, 2.45) is 5.73 Å². The predicted octanol–water partition coefficient (Wildman–Crippen LogP) is 2.19. The van der Waals surface area contributed by atoms with Gasteiger partial charge in [-0.3, -0.25) is 4.79 Å². The molecule has 4 heteroatoms. The van der Waals surface area contributed by atoms with Gasteiger partial charge in [0, 0.05) is 19.6 Å². The molecule has 0 aliphatic heterocycles. The summed E-state index contributed by atoms with van der Waals surface area (Å²) in [5.74, 6) is 0.972. The first-order valence-electron chi connectivity index (χ1n) is 6.30. The van der Waals surface area contributed by atoms with Gasteiger partial charge in [-0.15, -0.1) is 0 Å². The van der Waals surface area contributed by atoms with Crippen LogP contribution in [0.25, 0.3) is 0 Å². The highest BCUT2D eigenvalue weighted by atomic mass is 16.3. The highest BCUT2D eigenvalue weighted by molar-refractivity contribution is 5.91. The minimum absolute atomic E-state index is 0.123. The Morgan fingerprint density at radius 2 is 1.95 bits per heavy atom. The highest BCUT2D eigenvalue weighted by Gasteiger charge is 2.18. The number of carbonyl (C=O) groups excluding carboxylic acids is 1.